The van der Waals surface area contributed by atoms with E-state index >= 15 is 0 Å². The maximum absolute atomic E-state index is 10.7. The molecule has 2 N–H and O–H groups in total. The van der Waals surface area contributed by atoms with Crippen LogP contribution in [0.5, 0.6) is 5.75 Å². The molecular formula is C12H15NO2. The molecule has 1 amide bonds. The minimum Gasteiger partial charge on any atom is -0.497 e. The quantitative estimate of drug-likeness (QED) is 0.743. The van der Waals surface area contributed by atoms with Crippen molar-refractivity contribution in [1.82, 2.24) is 0 Å². The maximum atomic E-state index is 10.7. The fourth-order valence-corrected chi connectivity index (χ4v) is 1.21. The van der Waals surface area contributed by atoms with Crippen LogP contribution >= 0.6 is 0 Å². The van der Waals surface area contributed by atoms with Crippen LogP contribution in [0.1, 0.15) is 12.0 Å². The van der Waals surface area contributed by atoms with Crippen molar-refractivity contribution in [3.8, 4) is 5.75 Å². The second kappa shape index (κ2) is 5.20. The zero-order valence-corrected chi connectivity index (χ0v) is 8.82. The second-order valence-corrected chi connectivity index (χ2v) is 3.32. The Morgan fingerprint density at radius 2 is 2.00 bits per heavy atom. The number of carbonyl (C=O) groups excluding carboxylic acids is 1. The highest BCUT2D eigenvalue weighted by atomic mass is 16.5. The van der Waals surface area contributed by atoms with Gasteiger partial charge in [0.25, 0.3) is 0 Å². The first-order valence-corrected chi connectivity index (χ1v) is 4.74. The predicted molar refractivity (Wildman–Crippen MR) is 59.6 cm³/mol. The van der Waals surface area contributed by atoms with Gasteiger partial charge in [-0.2, -0.15) is 0 Å². The number of benzene rings is 1. The number of amides is 1. The van der Waals surface area contributed by atoms with Crippen LogP contribution in [-0.4, -0.2) is 13.0 Å². The lowest BCUT2D eigenvalue weighted by Gasteiger charge is -2.03. The van der Waals surface area contributed by atoms with Crippen LogP contribution in [0.2, 0.25) is 0 Å². The SMILES string of the molecule is C=C(CCc1ccc(OC)cc1)C(N)=O. The van der Waals surface area contributed by atoms with E-state index in [0.29, 0.717) is 12.0 Å². The van der Waals surface area contributed by atoms with Gasteiger partial charge in [0.2, 0.25) is 5.91 Å². The molecule has 0 aliphatic heterocycles. The molecule has 0 spiro atoms. The Morgan fingerprint density at radius 3 is 2.47 bits per heavy atom. The summed E-state index contributed by atoms with van der Waals surface area (Å²) in [5, 5.41) is 0. The fraction of sp³-hybridized carbons (Fsp3) is 0.250. The summed E-state index contributed by atoms with van der Waals surface area (Å²) in [6.07, 6.45) is 1.37. The van der Waals surface area contributed by atoms with E-state index in [1.807, 2.05) is 24.3 Å². The third-order valence-corrected chi connectivity index (χ3v) is 2.22. The van der Waals surface area contributed by atoms with Gasteiger partial charge in [0.15, 0.2) is 0 Å². The van der Waals surface area contributed by atoms with Gasteiger partial charge < -0.3 is 10.5 Å². The van der Waals surface area contributed by atoms with Crippen molar-refractivity contribution in [3.05, 3.63) is 42.0 Å². The fourth-order valence-electron chi connectivity index (χ4n) is 1.21. The van der Waals surface area contributed by atoms with Crippen molar-refractivity contribution in [2.45, 2.75) is 12.8 Å². The van der Waals surface area contributed by atoms with E-state index < -0.39 is 5.91 Å². The Hall–Kier alpha value is -1.77. The topological polar surface area (TPSA) is 52.3 Å². The molecule has 1 rings (SSSR count). The van der Waals surface area contributed by atoms with Gasteiger partial charge >= 0.3 is 0 Å². The first-order chi connectivity index (χ1) is 7.13. The molecule has 0 aliphatic rings. The van der Waals surface area contributed by atoms with Crippen molar-refractivity contribution >= 4 is 5.91 Å². The predicted octanol–water partition coefficient (Wildman–Crippen LogP) is 1.67. The Labute approximate surface area is 89.5 Å². The molecule has 0 heterocycles. The molecule has 15 heavy (non-hydrogen) atoms. The minimum atomic E-state index is -0.427. The van der Waals surface area contributed by atoms with Crippen LogP contribution in [0, 0.1) is 0 Å². The number of ether oxygens (including phenoxy) is 1. The highest BCUT2D eigenvalue weighted by molar-refractivity contribution is 5.91. The zero-order chi connectivity index (χ0) is 11.3. The van der Waals surface area contributed by atoms with E-state index in [4.69, 9.17) is 10.5 Å². The van der Waals surface area contributed by atoms with E-state index in [1.165, 1.54) is 0 Å². The number of hydrogen-bond donors (Lipinski definition) is 1. The van der Waals surface area contributed by atoms with Crippen LogP contribution in [-0.2, 0) is 11.2 Å². The Bertz CT molecular complexity index is 354. The molecule has 1 aromatic rings. The summed E-state index contributed by atoms with van der Waals surface area (Å²) in [6, 6.07) is 7.71. The van der Waals surface area contributed by atoms with E-state index in [0.717, 1.165) is 17.7 Å². The van der Waals surface area contributed by atoms with E-state index in [-0.39, 0.29) is 0 Å². The first-order valence-electron chi connectivity index (χ1n) is 4.74. The first kappa shape index (κ1) is 11.3. The van der Waals surface area contributed by atoms with Gasteiger partial charge in [-0.15, -0.1) is 0 Å². The lowest BCUT2D eigenvalue weighted by atomic mass is 10.1. The number of methoxy groups -OCH3 is 1. The molecule has 1 aromatic carbocycles. The van der Waals surface area contributed by atoms with Crippen LogP contribution < -0.4 is 10.5 Å². The molecular weight excluding hydrogens is 190 g/mol. The third-order valence-electron chi connectivity index (χ3n) is 2.22. The number of hydrogen-bond acceptors (Lipinski definition) is 2. The molecule has 0 radical (unpaired) electrons. The average Bonchev–Trinajstić information content (AvgIpc) is 2.26. The van der Waals surface area contributed by atoms with E-state index in [2.05, 4.69) is 6.58 Å². The Morgan fingerprint density at radius 1 is 1.40 bits per heavy atom. The number of carbonyl (C=O) groups is 1. The third kappa shape index (κ3) is 3.46. The van der Waals surface area contributed by atoms with Crippen LogP contribution in [0.25, 0.3) is 0 Å². The van der Waals surface area contributed by atoms with Crippen LogP contribution in [0.3, 0.4) is 0 Å². The lowest BCUT2D eigenvalue weighted by Crippen LogP contribution is -2.13. The van der Waals surface area contributed by atoms with Gasteiger partial charge in [-0.05, 0) is 30.5 Å². The smallest absolute Gasteiger partial charge is 0.244 e. The molecule has 0 saturated carbocycles. The maximum Gasteiger partial charge on any atom is 0.244 e. The molecule has 3 heteroatoms. The largest absolute Gasteiger partial charge is 0.497 e. The molecule has 3 nitrogen and oxygen atoms in total. The van der Waals surface area contributed by atoms with E-state index in [9.17, 15) is 4.79 Å². The van der Waals surface area contributed by atoms with Gasteiger partial charge in [-0.25, -0.2) is 0 Å². The van der Waals surface area contributed by atoms with Crippen LogP contribution in [0.4, 0.5) is 0 Å². The van der Waals surface area contributed by atoms with E-state index in [1.54, 1.807) is 7.11 Å². The van der Waals surface area contributed by atoms with Crippen molar-refractivity contribution in [2.75, 3.05) is 7.11 Å². The number of aryl methyl sites for hydroxylation is 1. The number of primary amides is 1. The second-order valence-electron chi connectivity index (χ2n) is 3.32. The molecule has 0 fully saturated rings. The molecule has 0 unspecified atom stereocenters. The standard InChI is InChI=1S/C12H15NO2/c1-9(12(13)14)3-4-10-5-7-11(15-2)8-6-10/h5-8H,1,3-4H2,2H3,(H2,13,14). The lowest BCUT2D eigenvalue weighted by molar-refractivity contribution is -0.114. The Kier molecular flexibility index (Phi) is 3.92. The molecule has 80 valence electrons. The summed E-state index contributed by atoms with van der Waals surface area (Å²) >= 11 is 0. The van der Waals surface area contributed by atoms with Gasteiger partial charge in [0.05, 0.1) is 7.11 Å². The van der Waals surface area contributed by atoms with Crippen molar-refractivity contribution in [3.63, 3.8) is 0 Å². The summed E-state index contributed by atoms with van der Waals surface area (Å²) in [4.78, 5) is 10.7. The number of nitrogens with two attached hydrogens (primary N) is 1. The zero-order valence-electron chi connectivity index (χ0n) is 8.82. The van der Waals surface area contributed by atoms with Crippen molar-refractivity contribution < 1.29 is 9.53 Å². The average molecular weight is 205 g/mol. The van der Waals surface area contributed by atoms with Crippen molar-refractivity contribution in [2.24, 2.45) is 5.73 Å². The normalized spacial score (nSPS) is 9.67. The van der Waals surface area contributed by atoms with Gasteiger partial charge in [-0.1, -0.05) is 18.7 Å². The van der Waals surface area contributed by atoms with Gasteiger partial charge in [0, 0.05) is 5.57 Å². The minimum absolute atomic E-state index is 0.427. The number of rotatable bonds is 5. The highest BCUT2D eigenvalue weighted by Gasteiger charge is 2.02. The summed E-state index contributed by atoms with van der Waals surface area (Å²) in [6.45, 7) is 3.60. The van der Waals surface area contributed by atoms with Gasteiger partial charge in [-0.3, -0.25) is 4.79 Å². The monoisotopic (exact) mass is 205 g/mol. The summed E-state index contributed by atoms with van der Waals surface area (Å²) in [5.41, 5.74) is 6.69. The van der Waals surface area contributed by atoms with Crippen LogP contribution in [0.15, 0.2) is 36.4 Å². The summed E-state index contributed by atoms with van der Waals surface area (Å²) < 4.78 is 5.04. The van der Waals surface area contributed by atoms with Gasteiger partial charge in [0.1, 0.15) is 5.75 Å². The highest BCUT2D eigenvalue weighted by Crippen LogP contribution is 2.13. The molecule has 0 aromatic heterocycles. The summed E-state index contributed by atoms with van der Waals surface area (Å²) in [5.74, 6) is 0.399. The summed E-state index contributed by atoms with van der Waals surface area (Å²) in [7, 11) is 1.63. The molecule has 0 aliphatic carbocycles. The molecule has 0 saturated heterocycles. The molecule has 0 bridgehead atoms. The van der Waals surface area contributed by atoms with Crippen molar-refractivity contribution in [1.29, 1.82) is 0 Å². The Balaban J connectivity index is 2.51. The molecule has 0 atom stereocenters.